The topological polar surface area (TPSA) is 35.5 Å². The van der Waals surface area contributed by atoms with Crippen LogP contribution in [0.15, 0.2) is 23.3 Å². The van der Waals surface area contributed by atoms with E-state index in [-0.39, 0.29) is 18.7 Å². The first-order valence-corrected chi connectivity index (χ1v) is 6.48. The highest BCUT2D eigenvalue weighted by Crippen LogP contribution is 2.06. The highest BCUT2D eigenvalue weighted by molar-refractivity contribution is 5.70. The maximum absolute atomic E-state index is 11.2. The Morgan fingerprint density at radius 2 is 1.83 bits per heavy atom. The average Bonchev–Trinajstić information content (AvgIpc) is 2.25. The zero-order valence-electron chi connectivity index (χ0n) is 12.3. The Balaban J connectivity index is 3.73. The van der Waals surface area contributed by atoms with Crippen molar-refractivity contribution < 1.29 is 14.3 Å². The molecule has 0 unspecified atom stereocenters. The summed E-state index contributed by atoms with van der Waals surface area (Å²) in [6.07, 6.45) is 6.26. The first kappa shape index (κ1) is 16.9. The minimum absolute atomic E-state index is 0.0301. The van der Waals surface area contributed by atoms with Gasteiger partial charge in [0.2, 0.25) is 0 Å². The molecule has 18 heavy (non-hydrogen) atoms. The quantitative estimate of drug-likeness (QED) is 0.490. The monoisotopic (exact) mass is 254 g/mol. The van der Waals surface area contributed by atoms with Crippen molar-refractivity contribution in [2.24, 2.45) is 0 Å². The molecule has 3 nitrogen and oxygen atoms in total. The van der Waals surface area contributed by atoms with Crippen LogP contribution in [0.1, 0.15) is 47.5 Å². The van der Waals surface area contributed by atoms with Crippen LogP contribution in [0, 0.1) is 0 Å². The van der Waals surface area contributed by atoms with Crippen LogP contribution in [0.2, 0.25) is 0 Å². The first-order chi connectivity index (χ1) is 8.41. The van der Waals surface area contributed by atoms with Gasteiger partial charge in [-0.1, -0.05) is 17.2 Å². The van der Waals surface area contributed by atoms with Gasteiger partial charge in [0.25, 0.3) is 0 Å². The summed E-state index contributed by atoms with van der Waals surface area (Å²) >= 11 is 0. The molecule has 0 heterocycles. The van der Waals surface area contributed by atoms with Crippen molar-refractivity contribution >= 4 is 5.97 Å². The lowest BCUT2D eigenvalue weighted by atomic mass is 10.1. The van der Waals surface area contributed by atoms with Crippen LogP contribution in [0.5, 0.6) is 0 Å². The van der Waals surface area contributed by atoms with Crippen molar-refractivity contribution in [2.75, 3.05) is 13.2 Å². The molecule has 0 saturated heterocycles. The average molecular weight is 254 g/mol. The van der Waals surface area contributed by atoms with Gasteiger partial charge in [0.15, 0.2) is 0 Å². The molecule has 0 aliphatic heterocycles. The van der Waals surface area contributed by atoms with Crippen LogP contribution in [-0.2, 0) is 14.3 Å². The van der Waals surface area contributed by atoms with Gasteiger partial charge >= 0.3 is 5.97 Å². The van der Waals surface area contributed by atoms with Gasteiger partial charge in [-0.05, 0) is 53.5 Å². The first-order valence-electron chi connectivity index (χ1n) is 6.48. The number of hydrogen-bond donors (Lipinski definition) is 0. The van der Waals surface area contributed by atoms with Crippen molar-refractivity contribution in [2.45, 2.75) is 53.6 Å². The predicted molar refractivity (Wildman–Crippen MR) is 74.5 cm³/mol. The smallest absolute Gasteiger partial charge is 0.332 e. The Bertz CT molecular complexity index is 297. The standard InChI is InChI=1S/C15H26O3/c1-12(2)7-6-8-14(5)9-10-17-15(16)11-18-13(3)4/h7,9,13H,6,8,10-11H2,1-5H3. The molecule has 104 valence electrons. The molecule has 0 aromatic carbocycles. The number of carbonyl (C=O) groups excluding carboxylic acids is 1. The van der Waals surface area contributed by atoms with Crippen molar-refractivity contribution in [3.63, 3.8) is 0 Å². The van der Waals surface area contributed by atoms with Crippen LogP contribution < -0.4 is 0 Å². The summed E-state index contributed by atoms with van der Waals surface area (Å²) in [4.78, 5) is 11.2. The molecular formula is C15H26O3. The van der Waals surface area contributed by atoms with Crippen molar-refractivity contribution in [1.29, 1.82) is 0 Å². The second-order valence-electron chi connectivity index (χ2n) is 4.91. The third-order valence-corrected chi connectivity index (χ3v) is 2.30. The number of hydrogen-bond acceptors (Lipinski definition) is 3. The van der Waals surface area contributed by atoms with E-state index < -0.39 is 0 Å². The summed E-state index contributed by atoms with van der Waals surface area (Å²) < 4.78 is 10.2. The largest absolute Gasteiger partial charge is 0.460 e. The zero-order chi connectivity index (χ0) is 14.0. The molecule has 0 N–H and O–H groups in total. The van der Waals surface area contributed by atoms with E-state index in [1.54, 1.807) is 0 Å². The van der Waals surface area contributed by atoms with Crippen molar-refractivity contribution in [3.05, 3.63) is 23.3 Å². The van der Waals surface area contributed by atoms with Crippen LogP contribution in [0.3, 0.4) is 0 Å². The van der Waals surface area contributed by atoms with E-state index in [4.69, 9.17) is 9.47 Å². The fourth-order valence-electron chi connectivity index (χ4n) is 1.24. The van der Waals surface area contributed by atoms with Crippen molar-refractivity contribution in [1.82, 2.24) is 0 Å². The molecule has 0 radical (unpaired) electrons. The lowest BCUT2D eigenvalue weighted by Crippen LogP contribution is -2.16. The molecular weight excluding hydrogens is 228 g/mol. The Morgan fingerprint density at radius 1 is 1.17 bits per heavy atom. The summed E-state index contributed by atoms with van der Waals surface area (Å²) in [5.74, 6) is -0.308. The summed E-state index contributed by atoms with van der Waals surface area (Å²) in [5, 5.41) is 0. The molecule has 0 saturated carbocycles. The maximum atomic E-state index is 11.2. The molecule has 0 amide bonds. The normalized spacial score (nSPS) is 11.6. The molecule has 0 aromatic rings. The van der Waals surface area contributed by atoms with E-state index in [9.17, 15) is 4.79 Å². The van der Waals surface area contributed by atoms with E-state index in [1.165, 1.54) is 11.1 Å². The Kier molecular flexibility index (Phi) is 9.29. The number of allylic oxidation sites excluding steroid dienone is 3. The zero-order valence-corrected chi connectivity index (χ0v) is 12.3. The fourth-order valence-corrected chi connectivity index (χ4v) is 1.24. The second-order valence-corrected chi connectivity index (χ2v) is 4.91. The lowest BCUT2D eigenvalue weighted by molar-refractivity contribution is -0.149. The van der Waals surface area contributed by atoms with E-state index in [1.807, 2.05) is 19.9 Å². The molecule has 0 atom stereocenters. The Hall–Kier alpha value is -1.09. The van der Waals surface area contributed by atoms with Gasteiger partial charge in [-0.15, -0.1) is 0 Å². The van der Waals surface area contributed by atoms with E-state index in [0.717, 1.165) is 12.8 Å². The molecule has 0 aliphatic carbocycles. The number of rotatable bonds is 8. The fraction of sp³-hybridized carbons (Fsp3) is 0.667. The van der Waals surface area contributed by atoms with Gasteiger partial charge in [0, 0.05) is 0 Å². The number of ether oxygens (including phenoxy) is 2. The molecule has 0 aromatic heterocycles. The maximum Gasteiger partial charge on any atom is 0.332 e. The predicted octanol–water partition coefficient (Wildman–Crippen LogP) is 3.65. The van der Waals surface area contributed by atoms with Gasteiger partial charge in [-0.2, -0.15) is 0 Å². The molecule has 0 rings (SSSR count). The minimum atomic E-state index is -0.308. The molecule has 0 bridgehead atoms. The van der Waals surface area contributed by atoms with Gasteiger partial charge in [0.1, 0.15) is 13.2 Å². The van der Waals surface area contributed by atoms with Gasteiger partial charge in [-0.25, -0.2) is 4.79 Å². The van der Waals surface area contributed by atoms with E-state index in [2.05, 4.69) is 26.8 Å². The minimum Gasteiger partial charge on any atom is -0.460 e. The Morgan fingerprint density at radius 3 is 2.39 bits per heavy atom. The SMILES string of the molecule is CC(C)=CCCC(C)=CCOC(=O)COC(C)C. The highest BCUT2D eigenvalue weighted by Gasteiger charge is 2.03. The highest BCUT2D eigenvalue weighted by atomic mass is 16.6. The summed E-state index contributed by atoms with van der Waals surface area (Å²) in [6, 6.07) is 0. The third kappa shape index (κ3) is 11.4. The van der Waals surface area contributed by atoms with Crippen LogP contribution in [-0.4, -0.2) is 25.3 Å². The molecule has 0 spiro atoms. The second kappa shape index (κ2) is 9.89. The van der Waals surface area contributed by atoms with E-state index >= 15 is 0 Å². The summed E-state index contributed by atoms with van der Waals surface area (Å²) in [5.41, 5.74) is 2.57. The van der Waals surface area contributed by atoms with Crippen molar-refractivity contribution in [3.8, 4) is 0 Å². The summed E-state index contributed by atoms with van der Waals surface area (Å²) in [6.45, 7) is 10.4. The van der Waals surface area contributed by atoms with Crippen LogP contribution >= 0.6 is 0 Å². The van der Waals surface area contributed by atoms with Gasteiger partial charge < -0.3 is 9.47 Å². The molecule has 0 aliphatic rings. The van der Waals surface area contributed by atoms with Crippen LogP contribution in [0.25, 0.3) is 0 Å². The van der Waals surface area contributed by atoms with E-state index in [0.29, 0.717) is 6.61 Å². The van der Waals surface area contributed by atoms with Gasteiger partial charge in [-0.3, -0.25) is 0 Å². The Labute approximate surface area is 111 Å². The van der Waals surface area contributed by atoms with Gasteiger partial charge in [0.05, 0.1) is 6.10 Å². The summed E-state index contributed by atoms with van der Waals surface area (Å²) in [7, 11) is 0. The number of esters is 1. The number of carbonyl (C=O) groups is 1. The lowest BCUT2D eigenvalue weighted by Gasteiger charge is -2.06. The molecule has 3 heteroatoms. The molecule has 0 fully saturated rings. The van der Waals surface area contributed by atoms with Crippen LogP contribution in [0.4, 0.5) is 0 Å². The third-order valence-electron chi connectivity index (χ3n) is 2.30.